The molecule has 2 N–H and O–H groups in total. The predicted molar refractivity (Wildman–Crippen MR) is 78.7 cm³/mol. The third kappa shape index (κ3) is 2.18. The Morgan fingerprint density at radius 1 is 1.37 bits per heavy atom. The number of rotatable bonds is 2. The standard InChI is InChI=1S/C14H13Cl2N3/c15-10-4-9-8-19(11-2-1-3-18-7-11)13(6-17)14(9)12(16)5-10/h1-5,7,13H,6,8,17H2. The van der Waals surface area contributed by atoms with E-state index in [1.165, 1.54) is 0 Å². The Bertz CT molecular complexity index is 601. The van der Waals surface area contributed by atoms with Crippen LogP contribution in [0.25, 0.3) is 0 Å². The first kappa shape index (κ1) is 12.7. The molecule has 0 fully saturated rings. The molecular formula is C14H13Cl2N3. The van der Waals surface area contributed by atoms with Crippen LogP contribution in [0.15, 0.2) is 36.7 Å². The molecule has 0 bridgehead atoms. The Balaban J connectivity index is 2.07. The summed E-state index contributed by atoms with van der Waals surface area (Å²) in [4.78, 5) is 6.37. The highest BCUT2D eigenvalue weighted by molar-refractivity contribution is 6.35. The average molecular weight is 294 g/mol. The Hall–Kier alpha value is -1.29. The summed E-state index contributed by atoms with van der Waals surface area (Å²) in [5.41, 5.74) is 9.19. The minimum Gasteiger partial charge on any atom is -0.358 e. The quantitative estimate of drug-likeness (QED) is 0.923. The smallest absolute Gasteiger partial charge is 0.0687 e. The lowest BCUT2D eigenvalue weighted by molar-refractivity contribution is 0.678. The van der Waals surface area contributed by atoms with Crippen molar-refractivity contribution in [2.24, 2.45) is 5.73 Å². The van der Waals surface area contributed by atoms with E-state index in [1.807, 2.05) is 24.4 Å². The van der Waals surface area contributed by atoms with Crippen LogP contribution in [0, 0.1) is 0 Å². The lowest BCUT2D eigenvalue weighted by Crippen LogP contribution is -2.27. The summed E-state index contributed by atoms with van der Waals surface area (Å²) in [6.45, 7) is 1.26. The molecule has 5 heteroatoms. The molecule has 19 heavy (non-hydrogen) atoms. The van der Waals surface area contributed by atoms with Crippen LogP contribution in [-0.4, -0.2) is 11.5 Å². The van der Waals surface area contributed by atoms with Gasteiger partial charge in [0.25, 0.3) is 0 Å². The first-order chi connectivity index (χ1) is 9.20. The third-order valence-corrected chi connectivity index (χ3v) is 3.96. The second-order valence-corrected chi connectivity index (χ2v) is 5.39. The van der Waals surface area contributed by atoms with Gasteiger partial charge in [0, 0.05) is 29.3 Å². The Kier molecular flexibility index (Phi) is 3.35. The number of nitrogens with two attached hydrogens (primary N) is 1. The molecule has 0 radical (unpaired) electrons. The minimum atomic E-state index is 0.0731. The van der Waals surface area contributed by atoms with E-state index in [-0.39, 0.29) is 6.04 Å². The Labute approximate surface area is 122 Å². The van der Waals surface area contributed by atoms with Gasteiger partial charge in [0.05, 0.1) is 17.9 Å². The molecule has 0 spiro atoms. The molecule has 1 aliphatic heterocycles. The number of halogens is 2. The molecule has 0 saturated heterocycles. The van der Waals surface area contributed by atoms with Gasteiger partial charge < -0.3 is 10.6 Å². The topological polar surface area (TPSA) is 42.1 Å². The summed E-state index contributed by atoms with van der Waals surface area (Å²) in [5.74, 6) is 0. The van der Waals surface area contributed by atoms with Gasteiger partial charge in [0.2, 0.25) is 0 Å². The van der Waals surface area contributed by atoms with Gasteiger partial charge in [-0.1, -0.05) is 23.2 Å². The van der Waals surface area contributed by atoms with Crippen molar-refractivity contribution >= 4 is 28.9 Å². The van der Waals surface area contributed by atoms with Crippen molar-refractivity contribution in [2.45, 2.75) is 12.6 Å². The highest BCUT2D eigenvalue weighted by Crippen LogP contribution is 2.41. The van der Waals surface area contributed by atoms with Crippen molar-refractivity contribution < 1.29 is 0 Å². The fourth-order valence-corrected chi connectivity index (χ4v) is 3.29. The van der Waals surface area contributed by atoms with E-state index in [4.69, 9.17) is 28.9 Å². The fraction of sp³-hybridized carbons (Fsp3) is 0.214. The molecule has 2 heterocycles. The molecule has 98 valence electrons. The van der Waals surface area contributed by atoms with Gasteiger partial charge in [0.15, 0.2) is 0 Å². The number of pyridine rings is 1. The summed E-state index contributed by atoms with van der Waals surface area (Å²) < 4.78 is 0. The number of fused-ring (bicyclic) bond motifs is 1. The molecule has 1 aliphatic rings. The normalized spacial score (nSPS) is 17.6. The van der Waals surface area contributed by atoms with Crippen LogP contribution in [-0.2, 0) is 6.54 Å². The average Bonchev–Trinajstić information content (AvgIpc) is 2.78. The molecule has 1 unspecified atom stereocenters. The van der Waals surface area contributed by atoms with Crippen LogP contribution in [0.4, 0.5) is 5.69 Å². The van der Waals surface area contributed by atoms with Crippen molar-refractivity contribution in [3.05, 3.63) is 57.8 Å². The Morgan fingerprint density at radius 3 is 2.89 bits per heavy atom. The molecule has 0 aliphatic carbocycles. The molecular weight excluding hydrogens is 281 g/mol. The summed E-state index contributed by atoms with van der Waals surface area (Å²) in [7, 11) is 0. The zero-order valence-electron chi connectivity index (χ0n) is 10.2. The second kappa shape index (κ2) is 5.00. The molecule has 1 aromatic carbocycles. The predicted octanol–water partition coefficient (Wildman–Crippen LogP) is 3.41. The van der Waals surface area contributed by atoms with Gasteiger partial charge in [-0.3, -0.25) is 4.98 Å². The highest BCUT2D eigenvalue weighted by atomic mass is 35.5. The number of anilines is 1. The van der Waals surface area contributed by atoms with Crippen molar-refractivity contribution in [1.29, 1.82) is 0 Å². The van der Waals surface area contributed by atoms with E-state index < -0.39 is 0 Å². The maximum Gasteiger partial charge on any atom is 0.0687 e. The van der Waals surface area contributed by atoms with E-state index in [9.17, 15) is 0 Å². The van der Waals surface area contributed by atoms with E-state index in [0.29, 0.717) is 16.6 Å². The monoisotopic (exact) mass is 293 g/mol. The zero-order valence-corrected chi connectivity index (χ0v) is 11.7. The maximum absolute atomic E-state index is 6.32. The summed E-state index contributed by atoms with van der Waals surface area (Å²) in [5, 5.41) is 1.34. The number of hydrogen-bond donors (Lipinski definition) is 1. The SMILES string of the molecule is NCC1c2c(Cl)cc(Cl)cc2CN1c1cccnc1. The van der Waals surface area contributed by atoms with Gasteiger partial charge in [0.1, 0.15) is 0 Å². The second-order valence-electron chi connectivity index (χ2n) is 4.55. The van der Waals surface area contributed by atoms with Crippen molar-refractivity contribution in [1.82, 2.24) is 4.98 Å². The van der Waals surface area contributed by atoms with Crippen molar-refractivity contribution in [3.63, 3.8) is 0 Å². The largest absolute Gasteiger partial charge is 0.358 e. The fourth-order valence-electron chi connectivity index (χ4n) is 2.63. The van der Waals surface area contributed by atoms with Gasteiger partial charge in [-0.25, -0.2) is 0 Å². The van der Waals surface area contributed by atoms with E-state index in [0.717, 1.165) is 23.4 Å². The van der Waals surface area contributed by atoms with Crippen LogP contribution in [0.3, 0.4) is 0 Å². The van der Waals surface area contributed by atoms with Crippen LogP contribution in [0.1, 0.15) is 17.2 Å². The summed E-state index contributed by atoms with van der Waals surface area (Å²) >= 11 is 12.4. The number of nitrogens with zero attached hydrogens (tertiary/aromatic N) is 2. The summed E-state index contributed by atoms with van der Waals surface area (Å²) in [6, 6.07) is 7.75. The minimum absolute atomic E-state index is 0.0731. The number of aromatic nitrogens is 1. The first-order valence-corrected chi connectivity index (χ1v) is 6.81. The first-order valence-electron chi connectivity index (χ1n) is 6.05. The molecule has 3 nitrogen and oxygen atoms in total. The highest BCUT2D eigenvalue weighted by Gasteiger charge is 2.31. The molecule has 3 rings (SSSR count). The van der Waals surface area contributed by atoms with Crippen LogP contribution < -0.4 is 10.6 Å². The molecule has 2 aromatic rings. The van der Waals surface area contributed by atoms with Crippen LogP contribution in [0.2, 0.25) is 10.0 Å². The van der Waals surface area contributed by atoms with Crippen LogP contribution >= 0.6 is 23.2 Å². The lowest BCUT2D eigenvalue weighted by atomic mass is 10.0. The lowest BCUT2D eigenvalue weighted by Gasteiger charge is -2.26. The third-order valence-electron chi connectivity index (χ3n) is 3.43. The molecule has 0 saturated carbocycles. The Morgan fingerprint density at radius 2 is 2.21 bits per heavy atom. The molecule has 0 amide bonds. The zero-order chi connectivity index (χ0) is 13.4. The molecule has 1 aromatic heterocycles. The van der Waals surface area contributed by atoms with Gasteiger partial charge in [-0.05, 0) is 35.4 Å². The van der Waals surface area contributed by atoms with E-state index in [1.54, 1.807) is 12.3 Å². The van der Waals surface area contributed by atoms with Gasteiger partial charge in [-0.15, -0.1) is 0 Å². The van der Waals surface area contributed by atoms with Gasteiger partial charge >= 0.3 is 0 Å². The van der Waals surface area contributed by atoms with E-state index >= 15 is 0 Å². The van der Waals surface area contributed by atoms with Gasteiger partial charge in [-0.2, -0.15) is 0 Å². The van der Waals surface area contributed by atoms with Crippen molar-refractivity contribution in [3.8, 4) is 0 Å². The van der Waals surface area contributed by atoms with E-state index in [2.05, 4.69) is 9.88 Å². The summed E-state index contributed by atoms with van der Waals surface area (Å²) in [6.07, 6.45) is 3.60. The number of hydrogen-bond acceptors (Lipinski definition) is 3. The maximum atomic E-state index is 6.32. The van der Waals surface area contributed by atoms with Crippen LogP contribution in [0.5, 0.6) is 0 Å². The molecule has 1 atom stereocenters. The number of benzene rings is 1. The van der Waals surface area contributed by atoms with Crippen molar-refractivity contribution in [2.75, 3.05) is 11.4 Å².